The van der Waals surface area contributed by atoms with Crippen molar-refractivity contribution in [2.75, 3.05) is 0 Å². The molecule has 1 aromatic heterocycles. The molecule has 0 unspecified atom stereocenters. The number of aromatic amines is 1. The average Bonchev–Trinajstić information content (AvgIpc) is 2.63. The number of hydrogen-bond donors (Lipinski definition) is 2. The van der Waals surface area contributed by atoms with Crippen LogP contribution in [0.1, 0.15) is 0 Å². The van der Waals surface area contributed by atoms with Gasteiger partial charge in [-0.2, -0.15) is 5.10 Å². The van der Waals surface area contributed by atoms with E-state index in [4.69, 9.17) is 23.2 Å². The van der Waals surface area contributed by atoms with Gasteiger partial charge in [0.2, 0.25) is 0 Å². The summed E-state index contributed by atoms with van der Waals surface area (Å²) in [5.41, 5.74) is 1.21. The molecule has 0 saturated heterocycles. The van der Waals surface area contributed by atoms with Gasteiger partial charge in [-0.05, 0) is 18.2 Å². The van der Waals surface area contributed by atoms with Gasteiger partial charge in [-0.3, -0.25) is 5.10 Å². The van der Waals surface area contributed by atoms with E-state index in [1.54, 1.807) is 18.3 Å². The Morgan fingerprint density at radius 3 is 2.71 bits per heavy atom. The Bertz CT molecular complexity index is 454. The van der Waals surface area contributed by atoms with Crippen LogP contribution in [0.25, 0.3) is 11.3 Å². The van der Waals surface area contributed by atoms with Crippen LogP contribution in [0.4, 0.5) is 0 Å². The highest BCUT2D eigenvalue weighted by atomic mass is 35.5. The molecule has 0 bridgehead atoms. The molecule has 2 rings (SSSR count). The Morgan fingerprint density at radius 1 is 1.29 bits per heavy atom. The molecule has 0 fully saturated rings. The number of hydrogen-bond acceptors (Lipinski definition) is 2. The topological polar surface area (TPSA) is 48.9 Å². The molecule has 0 aliphatic rings. The maximum atomic E-state index is 9.66. The first-order chi connectivity index (χ1) is 6.68. The Balaban J connectivity index is 2.64. The highest BCUT2D eigenvalue weighted by Gasteiger charge is 2.10. The fraction of sp³-hybridized carbons (Fsp3) is 0. The van der Waals surface area contributed by atoms with Crippen molar-refractivity contribution in [3.63, 3.8) is 0 Å². The van der Waals surface area contributed by atoms with Crippen LogP contribution < -0.4 is 0 Å². The van der Waals surface area contributed by atoms with Gasteiger partial charge in [0.1, 0.15) is 5.75 Å². The van der Waals surface area contributed by atoms with Gasteiger partial charge in [-0.15, -0.1) is 0 Å². The lowest BCUT2D eigenvalue weighted by Gasteiger charge is -2.04. The van der Waals surface area contributed by atoms with Crippen molar-refractivity contribution >= 4 is 23.2 Å². The molecule has 0 amide bonds. The van der Waals surface area contributed by atoms with Gasteiger partial charge < -0.3 is 5.11 Å². The molecule has 0 aliphatic heterocycles. The summed E-state index contributed by atoms with van der Waals surface area (Å²) in [5, 5.41) is 16.8. The number of rotatable bonds is 1. The zero-order chi connectivity index (χ0) is 10.1. The Kier molecular flexibility index (Phi) is 2.35. The molecule has 2 aromatic rings. The molecule has 3 nitrogen and oxygen atoms in total. The third-order valence-corrected chi connectivity index (χ3v) is 2.33. The van der Waals surface area contributed by atoms with Crippen molar-refractivity contribution in [3.8, 4) is 17.0 Å². The van der Waals surface area contributed by atoms with E-state index in [-0.39, 0.29) is 10.8 Å². The van der Waals surface area contributed by atoms with E-state index >= 15 is 0 Å². The number of H-pyrrole nitrogens is 1. The van der Waals surface area contributed by atoms with E-state index in [1.807, 2.05) is 0 Å². The number of phenolic OH excluding ortho intramolecular Hbond substituents is 1. The summed E-state index contributed by atoms with van der Waals surface area (Å²) in [4.78, 5) is 0. The van der Waals surface area contributed by atoms with E-state index in [1.165, 1.54) is 6.07 Å². The molecule has 2 N–H and O–H groups in total. The van der Waals surface area contributed by atoms with Crippen molar-refractivity contribution in [3.05, 3.63) is 34.4 Å². The third kappa shape index (κ3) is 1.56. The number of aromatic hydroxyl groups is 1. The number of phenols is 1. The van der Waals surface area contributed by atoms with Crippen LogP contribution in [0.15, 0.2) is 24.4 Å². The summed E-state index contributed by atoms with van der Waals surface area (Å²) in [5.74, 6) is 0.000293. The first-order valence-corrected chi connectivity index (χ1v) is 4.62. The van der Waals surface area contributed by atoms with Crippen LogP contribution in [0.3, 0.4) is 0 Å². The zero-order valence-electron chi connectivity index (χ0n) is 6.96. The predicted molar refractivity (Wildman–Crippen MR) is 55.7 cm³/mol. The van der Waals surface area contributed by atoms with Crippen molar-refractivity contribution < 1.29 is 5.11 Å². The number of benzene rings is 1. The Labute approximate surface area is 90.3 Å². The summed E-state index contributed by atoms with van der Waals surface area (Å²) in [6.45, 7) is 0. The van der Waals surface area contributed by atoms with Gasteiger partial charge in [-0.1, -0.05) is 23.2 Å². The van der Waals surface area contributed by atoms with Gasteiger partial charge in [0.15, 0.2) is 0 Å². The van der Waals surface area contributed by atoms with Crippen LogP contribution in [0.2, 0.25) is 10.0 Å². The SMILES string of the molecule is Oc1c(Cl)cc(Cl)cc1-c1ccn[nH]1. The van der Waals surface area contributed by atoms with Gasteiger partial charge in [0.05, 0.1) is 10.7 Å². The Hall–Kier alpha value is -1.19. The van der Waals surface area contributed by atoms with Gasteiger partial charge >= 0.3 is 0 Å². The monoisotopic (exact) mass is 228 g/mol. The smallest absolute Gasteiger partial charge is 0.143 e. The molecule has 0 atom stereocenters. The fourth-order valence-electron chi connectivity index (χ4n) is 1.18. The number of nitrogens with one attached hydrogen (secondary N) is 1. The molecule has 0 saturated carbocycles. The first-order valence-electron chi connectivity index (χ1n) is 3.86. The minimum Gasteiger partial charge on any atom is -0.506 e. The van der Waals surface area contributed by atoms with Gasteiger partial charge in [-0.25, -0.2) is 0 Å². The molecule has 1 aromatic carbocycles. The second kappa shape index (κ2) is 3.52. The molecule has 72 valence electrons. The lowest BCUT2D eigenvalue weighted by molar-refractivity contribution is 0.477. The van der Waals surface area contributed by atoms with E-state index in [0.717, 1.165) is 0 Å². The maximum absolute atomic E-state index is 9.66. The lowest BCUT2D eigenvalue weighted by atomic mass is 10.1. The molecule has 0 spiro atoms. The summed E-state index contributed by atoms with van der Waals surface area (Å²) < 4.78 is 0. The van der Waals surface area contributed by atoms with Crippen molar-refractivity contribution in [1.29, 1.82) is 0 Å². The summed E-state index contributed by atoms with van der Waals surface area (Å²) in [7, 11) is 0. The Morgan fingerprint density at radius 2 is 2.07 bits per heavy atom. The molecular weight excluding hydrogens is 223 g/mol. The molecule has 5 heteroatoms. The molecule has 0 aliphatic carbocycles. The van der Waals surface area contributed by atoms with E-state index in [9.17, 15) is 5.11 Å². The third-order valence-electron chi connectivity index (χ3n) is 1.82. The van der Waals surface area contributed by atoms with Crippen LogP contribution in [0.5, 0.6) is 5.75 Å². The van der Waals surface area contributed by atoms with Crippen LogP contribution in [0, 0.1) is 0 Å². The number of aromatic nitrogens is 2. The molecule has 0 radical (unpaired) electrons. The van der Waals surface area contributed by atoms with Gasteiger partial charge in [0, 0.05) is 16.8 Å². The second-order valence-electron chi connectivity index (χ2n) is 2.75. The lowest BCUT2D eigenvalue weighted by Crippen LogP contribution is -1.81. The summed E-state index contributed by atoms with van der Waals surface area (Å²) in [6, 6.07) is 4.83. The number of halogens is 2. The quantitative estimate of drug-likeness (QED) is 0.789. The maximum Gasteiger partial charge on any atom is 0.143 e. The zero-order valence-corrected chi connectivity index (χ0v) is 8.47. The van der Waals surface area contributed by atoms with Crippen LogP contribution in [-0.4, -0.2) is 15.3 Å². The van der Waals surface area contributed by atoms with Crippen LogP contribution >= 0.6 is 23.2 Å². The molecular formula is C9H6Cl2N2O. The summed E-state index contributed by atoms with van der Waals surface area (Å²) >= 11 is 11.6. The number of nitrogens with zero attached hydrogens (tertiary/aromatic N) is 1. The standard InChI is InChI=1S/C9H6Cl2N2O/c10-5-3-6(8-1-2-12-13-8)9(14)7(11)4-5/h1-4,14H,(H,12,13). The highest BCUT2D eigenvalue weighted by Crippen LogP contribution is 2.36. The largest absolute Gasteiger partial charge is 0.506 e. The highest BCUT2D eigenvalue weighted by molar-refractivity contribution is 6.36. The first kappa shape index (κ1) is 9.37. The van der Waals surface area contributed by atoms with Crippen molar-refractivity contribution in [2.24, 2.45) is 0 Å². The molecule has 1 heterocycles. The van der Waals surface area contributed by atoms with E-state index < -0.39 is 0 Å². The van der Waals surface area contributed by atoms with Gasteiger partial charge in [0.25, 0.3) is 0 Å². The fourth-order valence-corrected chi connectivity index (χ4v) is 1.67. The van der Waals surface area contributed by atoms with E-state index in [2.05, 4.69) is 10.2 Å². The normalized spacial score (nSPS) is 10.4. The summed E-state index contributed by atoms with van der Waals surface area (Å²) in [6.07, 6.45) is 1.59. The van der Waals surface area contributed by atoms with Crippen molar-refractivity contribution in [1.82, 2.24) is 10.2 Å². The average molecular weight is 229 g/mol. The van der Waals surface area contributed by atoms with E-state index in [0.29, 0.717) is 16.3 Å². The van der Waals surface area contributed by atoms with Crippen molar-refractivity contribution in [2.45, 2.75) is 0 Å². The second-order valence-corrected chi connectivity index (χ2v) is 3.60. The predicted octanol–water partition coefficient (Wildman–Crippen LogP) is 3.09. The van der Waals surface area contributed by atoms with Crippen LogP contribution in [-0.2, 0) is 0 Å². The molecule has 14 heavy (non-hydrogen) atoms. The minimum absolute atomic E-state index is 0.000293. The minimum atomic E-state index is 0.000293.